The first-order chi connectivity index (χ1) is 6.09. The van der Waals surface area contributed by atoms with E-state index in [4.69, 9.17) is 28.6 Å². The third-order valence-electron chi connectivity index (χ3n) is 1.44. The normalized spacial score (nSPS) is 9.07. The first-order valence-electron chi connectivity index (χ1n) is 3.55. The van der Waals surface area contributed by atoms with Crippen molar-refractivity contribution in [3.05, 3.63) is 33.8 Å². The van der Waals surface area contributed by atoms with Gasteiger partial charge in [0.15, 0.2) is 5.17 Å². The summed E-state index contributed by atoms with van der Waals surface area (Å²) in [4.78, 5) is 0. The molecule has 14 heavy (non-hydrogen) atoms. The lowest BCUT2D eigenvalue weighted by molar-refractivity contribution is 0.923. The summed E-state index contributed by atoms with van der Waals surface area (Å²) in [5.74, 6) is 0. The fourth-order valence-electron chi connectivity index (χ4n) is 0.835. The zero-order valence-corrected chi connectivity index (χ0v) is 10.3. The van der Waals surface area contributed by atoms with Gasteiger partial charge in [-0.2, -0.15) is 0 Å². The molecule has 0 unspecified atom stereocenters. The van der Waals surface area contributed by atoms with Crippen LogP contribution in [0.2, 0.25) is 10.0 Å². The van der Waals surface area contributed by atoms with E-state index in [1.807, 2.05) is 6.07 Å². The Bertz CT molecular complexity index is 330. The molecular weight excluding hydrogens is 263 g/mol. The third kappa shape index (κ3) is 4.42. The van der Waals surface area contributed by atoms with Crippen molar-refractivity contribution in [3.63, 3.8) is 0 Å². The van der Waals surface area contributed by atoms with E-state index in [0.29, 0.717) is 16.6 Å². The minimum Gasteiger partial charge on any atom is -0.361 e. The molecule has 0 heterocycles. The molecule has 78 valence electrons. The zero-order chi connectivity index (χ0) is 9.84. The second-order valence-electron chi connectivity index (χ2n) is 2.45. The van der Waals surface area contributed by atoms with Gasteiger partial charge >= 0.3 is 0 Å². The summed E-state index contributed by atoms with van der Waals surface area (Å²) in [6.45, 7) is 0.527. The van der Waals surface area contributed by atoms with Crippen LogP contribution >= 0.6 is 48.2 Å². The summed E-state index contributed by atoms with van der Waals surface area (Å²) in [5, 5.41) is 11.0. The summed E-state index contributed by atoms with van der Waals surface area (Å²) < 4.78 is 0. The SMILES string of the molecule is Cl.N=C(S)NCc1ccc(Cl)c(Cl)c1. The van der Waals surface area contributed by atoms with Crippen molar-refractivity contribution in [1.82, 2.24) is 5.32 Å². The number of hydrogen-bond acceptors (Lipinski definition) is 1. The van der Waals surface area contributed by atoms with Crippen LogP contribution in [-0.2, 0) is 6.54 Å². The molecule has 0 spiro atoms. The van der Waals surface area contributed by atoms with Crippen LogP contribution < -0.4 is 5.32 Å². The summed E-state index contributed by atoms with van der Waals surface area (Å²) in [6.07, 6.45) is 0. The molecule has 0 atom stereocenters. The first kappa shape index (κ1) is 13.9. The molecule has 0 bridgehead atoms. The van der Waals surface area contributed by atoms with Gasteiger partial charge in [-0.25, -0.2) is 0 Å². The Labute approximate surface area is 104 Å². The fourth-order valence-corrected chi connectivity index (χ4v) is 1.24. The predicted octanol–water partition coefficient (Wildman–Crippen LogP) is 3.37. The molecule has 0 aliphatic carbocycles. The van der Waals surface area contributed by atoms with Crippen LogP contribution in [0.25, 0.3) is 0 Å². The quantitative estimate of drug-likeness (QED) is 0.430. The van der Waals surface area contributed by atoms with Crippen molar-refractivity contribution in [2.45, 2.75) is 6.54 Å². The molecule has 1 aromatic rings. The molecule has 2 nitrogen and oxygen atoms in total. The lowest BCUT2D eigenvalue weighted by Crippen LogP contribution is -2.16. The van der Waals surface area contributed by atoms with Crippen LogP contribution in [-0.4, -0.2) is 5.17 Å². The van der Waals surface area contributed by atoms with Crippen molar-refractivity contribution < 1.29 is 0 Å². The molecular formula is C8H9Cl3N2S. The van der Waals surface area contributed by atoms with E-state index in [9.17, 15) is 0 Å². The van der Waals surface area contributed by atoms with Crippen LogP contribution in [0.3, 0.4) is 0 Å². The van der Waals surface area contributed by atoms with E-state index in [0.717, 1.165) is 5.56 Å². The van der Waals surface area contributed by atoms with Crippen LogP contribution in [0.4, 0.5) is 0 Å². The Morgan fingerprint density at radius 1 is 1.36 bits per heavy atom. The van der Waals surface area contributed by atoms with Crippen LogP contribution in [0.5, 0.6) is 0 Å². The molecule has 0 aliphatic heterocycles. The van der Waals surface area contributed by atoms with Crippen molar-refractivity contribution in [2.24, 2.45) is 0 Å². The maximum atomic E-state index is 7.03. The molecule has 0 radical (unpaired) electrons. The average Bonchev–Trinajstić information content (AvgIpc) is 2.07. The van der Waals surface area contributed by atoms with E-state index in [-0.39, 0.29) is 17.6 Å². The fraction of sp³-hybridized carbons (Fsp3) is 0.125. The zero-order valence-electron chi connectivity index (χ0n) is 7.05. The smallest absolute Gasteiger partial charge is 0.150 e. The highest BCUT2D eigenvalue weighted by atomic mass is 35.5. The van der Waals surface area contributed by atoms with Crippen molar-refractivity contribution >= 4 is 53.4 Å². The van der Waals surface area contributed by atoms with Crippen molar-refractivity contribution in [3.8, 4) is 0 Å². The molecule has 1 rings (SSSR count). The summed E-state index contributed by atoms with van der Waals surface area (Å²) in [5.41, 5.74) is 0.966. The molecule has 2 N–H and O–H groups in total. The lowest BCUT2D eigenvalue weighted by Gasteiger charge is -2.04. The van der Waals surface area contributed by atoms with Crippen LogP contribution in [0.1, 0.15) is 5.56 Å². The predicted molar refractivity (Wildman–Crippen MR) is 67.3 cm³/mol. The molecule has 0 saturated carbocycles. The van der Waals surface area contributed by atoms with Gasteiger partial charge < -0.3 is 5.32 Å². The molecule has 0 aromatic heterocycles. The van der Waals surface area contributed by atoms with Gasteiger partial charge in [-0.3, -0.25) is 5.41 Å². The largest absolute Gasteiger partial charge is 0.361 e. The van der Waals surface area contributed by atoms with Crippen LogP contribution in [0, 0.1) is 5.41 Å². The standard InChI is InChI=1S/C8H8Cl2N2S.ClH/c9-6-2-1-5(3-7(6)10)4-12-8(11)13;/h1-3H,4H2,(H3,11,12,13);1H. The van der Waals surface area contributed by atoms with Crippen LogP contribution in [0.15, 0.2) is 18.2 Å². The summed E-state index contributed by atoms with van der Waals surface area (Å²) >= 11 is 15.3. The highest BCUT2D eigenvalue weighted by Crippen LogP contribution is 2.22. The minimum absolute atomic E-state index is 0. The number of rotatable bonds is 2. The average molecular weight is 272 g/mol. The molecule has 0 aliphatic rings. The van der Waals surface area contributed by atoms with Gasteiger partial charge in [0.1, 0.15) is 0 Å². The Hall–Kier alpha value is -0.0900. The van der Waals surface area contributed by atoms with Gasteiger partial charge in [-0.1, -0.05) is 29.3 Å². The van der Waals surface area contributed by atoms with E-state index in [1.165, 1.54) is 0 Å². The van der Waals surface area contributed by atoms with Gasteiger partial charge in [0.05, 0.1) is 10.0 Å². The molecule has 0 fully saturated rings. The minimum atomic E-state index is 0. The second kappa shape index (κ2) is 6.40. The van der Waals surface area contributed by atoms with Gasteiger partial charge in [0, 0.05) is 6.54 Å². The Morgan fingerprint density at radius 2 is 2.00 bits per heavy atom. The Kier molecular flexibility index (Phi) is 6.36. The van der Waals surface area contributed by atoms with E-state index in [1.54, 1.807) is 12.1 Å². The number of amidine groups is 1. The van der Waals surface area contributed by atoms with E-state index < -0.39 is 0 Å². The van der Waals surface area contributed by atoms with E-state index in [2.05, 4.69) is 17.9 Å². The number of benzene rings is 1. The lowest BCUT2D eigenvalue weighted by atomic mass is 10.2. The number of nitrogens with one attached hydrogen (secondary N) is 2. The molecule has 6 heteroatoms. The summed E-state index contributed by atoms with van der Waals surface area (Å²) in [7, 11) is 0. The summed E-state index contributed by atoms with van der Waals surface area (Å²) in [6, 6.07) is 5.33. The van der Waals surface area contributed by atoms with Crippen molar-refractivity contribution in [1.29, 1.82) is 5.41 Å². The van der Waals surface area contributed by atoms with Gasteiger partial charge in [-0.15, -0.1) is 25.0 Å². The number of halogens is 3. The molecule has 0 amide bonds. The van der Waals surface area contributed by atoms with Gasteiger partial charge in [0.2, 0.25) is 0 Å². The topological polar surface area (TPSA) is 35.9 Å². The highest BCUT2D eigenvalue weighted by Gasteiger charge is 1.98. The third-order valence-corrected chi connectivity index (χ3v) is 2.34. The Morgan fingerprint density at radius 3 is 2.50 bits per heavy atom. The van der Waals surface area contributed by atoms with E-state index >= 15 is 0 Å². The van der Waals surface area contributed by atoms with Gasteiger partial charge in [0.25, 0.3) is 0 Å². The molecule has 0 saturated heterocycles. The molecule has 1 aromatic carbocycles. The van der Waals surface area contributed by atoms with Gasteiger partial charge in [-0.05, 0) is 17.7 Å². The highest BCUT2D eigenvalue weighted by molar-refractivity contribution is 7.96. The first-order valence-corrected chi connectivity index (χ1v) is 4.75. The maximum absolute atomic E-state index is 7.03. The second-order valence-corrected chi connectivity index (χ2v) is 3.71. The monoisotopic (exact) mass is 270 g/mol. The Balaban J connectivity index is 0.00000169. The number of thiol groups is 1. The number of hydrogen-bond donors (Lipinski definition) is 3. The van der Waals surface area contributed by atoms with Crippen molar-refractivity contribution in [2.75, 3.05) is 0 Å². The maximum Gasteiger partial charge on any atom is 0.150 e.